The number of anilines is 1. The van der Waals surface area contributed by atoms with Gasteiger partial charge >= 0.3 is 5.97 Å². The highest BCUT2D eigenvalue weighted by atomic mass is 35.5. The summed E-state index contributed by atoms with van der Waals surface area (Å²) in [6.45, 7) is 0.0363. The van der Waals surface area contributed by atoms with Gasteiger partial charge in [0.1, 0.15) is 12.4 Å². The number of halogens is 1. The Labute approximate surface area is 186 Å². The predicted molar refractivity (Wildman–Crippen MR) is 115 cm³/mol. The summed E-state index contributed by atoms with van der Waals surface area (Å²) in [5.41, 5.74) is 1.52. The molecule has 4 rings (SSSR count). The van der Waals surface area contributed by atoms with Crippen LogP contribution >= 0.6 is 22.9 Å². The van der Waals surface area contributed by atoms with E-state index in [2.05, 4.69) is 0 Å². The number of hydrogen-bond donors (Lipinski definition) is 2. The van der Waals surface area contributed by atoms with Crippen molar-refractivity contribution in [1.29, 1.82) is 0 Å². The number of rotatable bonds is 6. The normalized spacial score (nSPS) is 13.3. The maximum absolute atomic E-state index is 13.1. The zero-order valence-corrected chi connectivity index (χ0v) is 17.6. The van der Waals surface area contributed by atoms with Gasteiger partial charge in [-0.25, -0.2) is 9.69 Å². The minimum atomic E-state index is -1.23. The third-order valence-electron chi connectivity index (χ3n) is 4.92. The molecule has 0 atom stereocenters. The Morgan fingerprint density at radius 1 is 1.16 bits per heavy atom. The fourth-order valence-electron chi connectivity index (χ4n) is 3.37. The number of nitrogens with zero attached hydrogens (tertiary/aromatic N) is 1. The average Bonchev–Trinajstić information content (AvgIpc) is 3.18. The largest absolute Gasteiger partial charge is 0.489 e. The number of imide groups is 1. The van der Waals surface area contributed by atoms with Crippen molar-refractivity contribution in [3.63, 3.8) is 0 Å². The number of carbonyl (C=O) groups is 3. The molecule has 2 heterocycles. The quantitative estimate of drug-likeness (QED) is 0.544. The number of amides is 2. The lowest BCUT2D eigenvalue weighted by Crippen LogP contribution is -2.42. The molecular weight excluding hydrogens is 442 g/mol. The number of carbonyl (C=O) groups excluding carboxylic acids is 2. The number of hydrogen-bond acceptors (Lipinski definition) is 6. The summed E-state index contributed by atoms with van der Waals surface area (Å²) in [6, 6.07) is 11.8. The van der Waals surface area contributed by atoms with Gasteiger partial charge in [-0.05, 0) is 23.3 Å². The standard InChI is InChI=1S/C22H16ClNO6S/c23-16-6-5-14(30-10-13-4-2-1-3-12(13)9-25)7-17(16)24-19(26)8-18-20(21(24)27)15(11-31-18)22(28)29/h1-7,11,25H,8-10H2,(H,28,29). The van der Waals surface area contributed by atoms with E-state index in [0.29, 0.717) is 10.6 Å². The van der Waals surface area contributed by atoms with Gasteiger partial charge < -0.3 is 14.9 Å². The predicted octanol–water partition coefficient (Wildman–Crippen LogP) is 3.90. The van der Waals surface area contributed by atoms with Gasteiger partial charge in [0.05, 0.1) is 34.9 Å². The first-order chi connectivity index (χ1) is 14.9. The molecule has 9 heteroatoms. The molecule has 7 nitrogen and oxygen atoms in total. The number of benzene rings is 2. The molecule has 0 spiro atoms. The molecule has 0 radical (unpaired) electrons. The molecule has 0 saturated heterocycles. The van der Waals surface area contributed by atoms with Crippen LogP contribution in [0.4, 0.5) is 5.69 Å². The van der Waals surface area contributed by atoms with Gasteiger partial charge in [-0.3, -0.25) is 9.59 Å². The van der Waals surface area contributed by atoms with E-state index in [9.17, 15) is 24.6 Å². The van der Waals surface area contributed by atoms with Crippen molar-refractivity contribution in [2.75, 3.05) is 4.90 Å². The van der Waals surface area contributed by atoms with Crippen LogP contribution in [0.25, 0.3) is 0 Å². The number of aromatic carboxylic acids is 1. The summed E-state index contributed by atoms with van der Waals surface area (Å²) >= 11 is 7.35. The van der Waals surface area contributed by atoms with Crippen LogP contribution in [0.2, 0.25) is 5.02 Å². The van der Waals surface area contributed by atoms with Gasteiger partial charge in [0.25, 0.3) is 5.91 Å². The summed E-state index contributed by atoms with van der Waals surface area (Å²) in [5.74, 6) is -2.09. The summed E-state index contributed by atoms with van der Waals surface area (Å²) in [4.78, 5) is 38.6. The smallest absolute Gasteiger partial charge is 0.337 e. The van der Waals surface area contributed by atoms with E-state index in [1.54, 1.807) is 12.1 Å². The summed E-state index contributed by atoms with van der Waals surface area (Å²) in [6.07, 6.45) is -0.0929. The van der Waals surface area contributed by atoms with Crippen LogP contribution in [0.1, 0.15) is 36.7 Å². The minimum Gasteiger partial charge on any atom is -0.489 e. The van der Waals surface area contributed by atoms with Gasteiger partial charge in [-0.2, -0.15) is 0 Å². The highest BCUT2D eigenvalue weighted by Crippen LogP contribution is 2.37. The number of thiophene rings is 1. The van der Waals surface area contributed by atoms with Crippen molar-refractivity contribution in [3.8, 4) is 5.75 Å². The van der Waals surface area contributed by atoms with Crippen LogP contribution < -0.4 is 9.64 Å². The lowest BCUT2D eigenvalue weighted by molar-refractivity contribution is -0.117. The molecule has 0 saturated carbocycles. The van der Waals surface area contributed by atoms with E-state index in [1.807, 2.05) is 18.2 Å². The Hall–Kier alpha value is -3.20. The number of aliphatic hydroxyl groups is 1. The fraction of sp³-hybridized carbons (Fsp3) is 0.136. The van der Waals surface area contributed by atoms with Crippen molar-refractivity contribution >= 4 is 46.4 Å². The Balaban J connectivity index is 1.65. The van der Waals surface area contributed by atoms with E-state index < -0.39 is 17.8 Å². The third kappa shape index (κ3) is 3.93. The molecule has 2 amide bonds. The Kier molecular flexibility index (Phi) is 5.77. The minimum absolute atomic E-state index is 0.0105. The van der Waals surface area contributed by atoms with Crippen molar-refractivity contribution in [2.24, 2.45) is 0 Å². The monoisotopic (exact) mass is 457 g/mol. The molecule has 0 fully saturated rings. The van der Waals surface area contributed by atoms with Crippen LogP contribution in [0, 0.1) is 0 Å². The van der Waals surface area contributed by atoms with Crippen LogP contribution in [-0.2, 0) is 24.4 Å². The van der Waals surface area contributed by atoms with Crippen molar-refractivity contribution in [3.05, 3.63) is 80.0 Å². The Bertz CT molecular complexity index is 1200. The molecule has 0 unspecified atom stereocenters. The zero-order valence-electron chi connectivity index (χ0n) is 16.0. The van der Waals surface area contributed by atoms with E-state index >= 15 is 0 Å². The van der Waals surface area contributed by atoms with Gasteiger partial charge in [0, 0.05) is 16.3 Å². The molecule has 2 aromatic carbocycles. The topological polar surface area (TPSA) is 104 Å². The molecule has 3 aromatic rings. The SMILES string of the molecule is O=C(O)c1csc2c1C(=O)N(c1cc(OCc3ccccc3CO)ccc1Cl)C(=O)C2. The number of carboxylic acids is 1. The first-order valence-electron chi connectivity index (χ1n) is 9.21. The second-order valence-corrected chi connectivity index (χ2v) is 8.16. The Morgan fingerprint density at radius 3 is 2.61 bits per heavy atom. The second kappa shape index (κ2) is 8.50. The molecule has 1 aromatic heterocycles. The summed E-state index contributed by atoms with van der Waals surface area (Å²) in [5, 5.41) is 20.3. The summed E-state index contributed by atoms with van der Waals surface area (Å²) in [7, 11) is 0. The van der Waals surface area contributed by atoms with Crippen LogP contribution in [0.3, 0.4) is 0 Å². The molecule has 158 valence electrons. The molecule has 31 heavy (non-hydrogen) atoms. The van der Waals surface area contributed by atoms with Gasteiger partial charge in [0.15, 0.2) is 0 Å². The molecular formula is C22H16ClNO6S. The lowest BCUT2D eigenvalue weighted by Gasteiger charge is -2.26. The lowest BCUT2D eigenvalue weighted by atomic mass is 10.0. The number of ether oxygens (including phenoxy) is 1. The second-order valence-electron chi connectivity index (χ2n) is 6.79. The van der Waals surface area contributed by atoms with Crippen LogP contribution in [0.5, 0.6) is 5.75 Å². The van der Waals surface area contributed by atoms with Crippen molar-refractivity contribution < 1.29 is 29.3 Å². The van der Waals surface area contributed by atoms with E-state index in [-0.39, 0.29) is 41.5 Å². The number of fused-ring (bicyclic) bond motifs is 1. The van der Waals surface area contributed by atoms with Gasteiger partial charge in [-0.15, -0.1) is 11.3 Å². The highest BCUT2D eigenvalue weighted by molar-refractivity contribution is 7.11. The first kappa shape index (κ1) is 21.0. The van der Waals surface area contributed by atoms with Crippen LogP contribution in [-0.4, -0.2) is 28.0 Å². The van der Waals surface area contributed by atoms with Crippen LogP contribution in [0.15, 0.2) is 47.8 Å². The van der Waals surface area contributed by atoms with E-state index in [4.69, 9.17) is 16.3 Å². The average molecular weight is 458 g/mol. The highest BCUT2D eigenvalue weighted by Gasteiger charge is 2.37. The van der Waals surface area contributed by atoms with Crippen molar-refractivity contribution in [1.82, 2.24) is 0 Å². The molecule has 0 bridgehead atoms. The fourth-order valence-corrected chi connectivity index (χ4v) is 4.58. The molecule has 0 aliphatic carbocycles. The third-order valence-corrected chi connectivity index (χ3v) is 6.22. The first-order valence-corrected chi connectivity index (χ1v) is 10.5. The van der Waals surface area contributed by atoms with Gasteiger partial charge in [0.2, 0.25) is 5.91 Å². The van der Waals surface area contributed by atoms with E-state index in [1.165, 1.54) is 17.5 Å². The maximum atomic E-state index is 13.1. The Morgan fingerprint density at radius 2 is 1.90 bits per heavy atom. The number of carboxylic acid groups (broad SMARTS) is 1. The van der Waals surface area contributed by atoms with Crippen molar-refractivity contribution in [2.45, 2.75) is 19.6 Å². The molecule has 1 aliphatic heterocycles. The summed E-state index contributed by atoms with van der Waals surface area (Å²) < 4.78 is 5.80. The number of aliphatic hydroxyl groups excluding tert-OH is 1. The molecule has 1 aliphatic rings. The molecule has 2 N–H and O–H groups in total. The van der Waals surface area contributed by atoms with Gasteiger partial charge in [-0.1, -0.05) is 35.9 Å². The maximum Gasteiger partial charge on any atom is 0.337 e. The van der Waals surface area contributed by atoms with E-state index in [0.717, 1.165) is 27.4 Å². The zero-order chi connectivity index (χ0) is 22.1.